The van der Waals surface area contributed by atoms with E-state index in [9.17, 15) is 0 Å². The first-order chi connectivity index (χ1) is 7.15. The van der Waals surface area contributed by atoms with E-state index < -0.39 is 0 Å². The monoisotopic (exact) mass is 232 g/mol. The molecule has 92 valence electrons. The number of hydrogen-bond donors (Lipinski definition) is 1. The first-order valence-corrected chi connectivity index (χ1v) is 7.29. The summed E-state index contributed by atoms with van der Waals surface area (Å²) >= 11 is 2.01. The molecule has 15 heavy (non-hydrogen) atoms. The molecule has 0 bridgehead atoms. The van der Waals surface area contributed by atoms with Crippen LogP contribution in [-0.4, -0.2) is 42.6 Å². The fourth-order valence-corrected chi connectivity index (χ4v) is 2.38. The van der Waals surface area contributed by atoms with Gasteiger partial charge >= 0.3 is 0 Å². The lowest BCUT2D eigenvalue weighted by Gasteiger charge is -2.29. The molecule has 2 unspecified atom stereocenters. The SMILES string of the molecule is CCSCCC(CN)N(C)CC(C)CC. The van der Waals surface area contributed by atoms with E-state index in [2.05, 4.69) is 32.7 Å². The summed E-state index contributed by atoms with van der Waals surface area (Å²) in [5.74, 6) is 3.23. The summed E-state index contributed by atoms with van der Waals surface area (Å²) in [5, 5.41) is 0. The van der Waals surface area contributed by atoms with E-state index in [-0.39, 0.29) is 0 Å². The molecule has 0 aliphatic rings. The summed E-state index contributed by atoms with van der Waals surface area (Å²) in [7, 11) is 2.21. The molecule has 0 aromatic rings. The number of thioether (sulfide) groups is 1. The molecule has 0 heterocycles. The van der Waals surface area contributed by atoms with Crippen LogP contribution in [0.15, 0.2) is 0 Å². The van der Waals surface area contributed by atoms with E-state index >= 15 is 0 Å². The minimum Gasteiger partial charge on any atom is -0.329 e. The Morgan fingerprint density at radius 3 is 2.47 bits per heavy atom. The van der Waals surface area contributed by atoms with E-state index in [4.69, 9.17) is 5.73 Å². The van der Waals surface area contributed by atoms with Crippen molar-refractivity contribution in [2.75, 3.05) is 31.6 Å². The molecule has 0 aromatic heterocycles. The normalized spacial score (nSPS) is 15.6. The van der Waals surface area contributed by atoms with Crippen LogP contribution in [0.1, 0.15) is 33.6 Å². The molecular weight excluding hydrogens is 204 g/mol. The summed E-state index contributed by atoms with van der Waals surface area (Å²) in [4.78, 5) is 2.43. The zero-order valence-electron chi connectivity index (χ0n) is 10.8. The molecule has 0 fully saturated rings. The fraction of sp³-hybridized carbons (Fsp3) is 1.00. The third kappa shape index (κ3) is 7.20. The molecular formula is C12H28N2S. The van der Waals surface area contributed by atoms with E-state index in [0.29, 0.717) is 6.04 Å². The Morgan fingerprint density at radius 2 is 2.00 bits per heavy atom. The van der Waals surface area contributed by atoms with Crippen molar-refractivity contribution < 1.29 is 0 Å². The van der Waals surface area contributed by atoms with Crippen molar-refractivity contribution >= 4 is 11.8 Å². The minimum absolute atomic E-state index is 0.568. The quantitative estimate of drug-likeness (QED) is 0.619. The molecule has 3 heteroatoms. The highest BCUT2D eigenvalue weighted by atomic mass is 32.2. The molecule has 2 atom stereocenters. The van der Waals surface area contributed by atoms with Gasteiger partial charge in [-0.2, -0.15) is 11.8 Å². The van der Waals surface area contributed by atoms with Gasteiger partial charge in [0.25, 0.3) is 0 Å². The van der Waals surface area contributed by atoms with Crippen LogP contribution in [-0.2, 0) is 0 Å². The predicted octanol–water partition coefficient (Wildman–Crippen LogP) is 2.43. The van der Waals surface area contributed by atoms with Crippen molar-refractivity contribution in [3.63, 3.8) is 0 Å². The maximum atomic E-state index is 5.82. The third-order valence-corrected chi connectivity index (χ3v) is 3.92. The second-order valence-corrected chi connectivity index (χ2v) is 5.72. The summed E-state index contributed by atoms with van der Waals surface area (Å²) in [6.45, 7) is 8.74. The van der Waals surface area contributed by atoms with E-state index in [0.717, 1.165) is 12.5 Å². The van der Waals surface area contributed by atoms with Crippen molar-refractivity contribution in [3.8, 4) is 0 Å². The smallest absolute Gasteiger partial charge is 0.0223 e. The highest BCUT2D eigenvalue weighted by molar-refractivity contribution is 7.99. The van der Waals surface area contributed by atoms with Gasteiger partial charge in [0.2, 0.25) is 0 Å². The summed E-state index contributed by atoms with van der Waals surface area (Å²) in [5.41, 5.74) is 5.82. The largest absolute Gasteiger partial charge is 0.329 e. The lowest BCUT2D eigenvalue weighted by Crippen LogP contribution is -2.40. The molecule has 0 radical (unpaired) electrons. The summed E-state index contributed by atoms with van der Waals surface area (Å²) in [6, 6.07) is 0.568. The Labute approximate surface area is 100.0 Å². The number of rotatable bonds is 9. The second kappa shape index (κ2) is 9.49. The van der Waals surface area contributed by atoms with Crippen LogP contribution in [0.2, 0.25) is 0 Å². The van der Waals surface area contributed by atoms with Crippen molar-refractivity contribution in [3.05, 3.63) is 0 Å². The van der Waals surface area contributed by atoms with Crippen molar-refractivity contribution in [2.24, 2.45) is 11.7 Å². The van der Waals surface area contributed by atoms with Crippen LogP contribution >= 0.6 is 11.8 Å². The van der Waals surface area contributed by atoms with Gasteiger partial charge < -0.3 is 10.6 Å². The van der Waals surface area contributed by atoms with Crippen molar-refractivity contribution in [1.29, 1.82) is 0 Å². The van der Waals surface area contributed by atoms with Gasteiger partial charge in [0.15, 0.2) is 0 Å². The second-order valence-electron chi connectivity index (χ2n) is 4.33. The molecule has 0 saturated heterocycles. The zero-order valence-corrected chi connectivity index (χ0v) is 11.6. The van der Waals surface area contributed by atoms with Gasteiger partial charge in [0.1, 0.15) is 0 Å². The number of hydrogen-bond acceptors (Lipinski definition) is 3. The Bertz CT molecular complexity index is 142. The van der Waals surface area contributed by atoms with Gasteiger partial charge in [-0.05, 0) is 30.9 Å². The molecule has 0 spiro atoms. The first kappa shape index (κ1) is 15.3. The van der Waals surface area contributed by atoms with Crippen LogP contribution in [0.3, 0.4) is 0 Å². The average Bonchev–Trinajstić information content (AvgIpc) is 2.24. The van der Waals surface area contributed by atoms with Gasteiger partial charge in [-0.15, -0.1) is 0 Å². The number of likely N-dealkylation sites (N-methyl/N-ethyl adjacent to an activating group) is 1. The highest BCUT2D eigenvalue weighted by Gasteiger charge is 2.14. The molecule has 0 amide bonds. The molecule has 0 aliphatic carbocycles. The Balaban J connectivity index is 3.81. The lowest BCUT2D eigenvalue weighted by molar-refractivity contribution is 0.209. The number of nitrogens with zero attached hydrogens (tertiary/aromatic N) is 1. The highest BCUT2D eigenvalue weighted by Crippen LogP contribution is 2.11. The van der Waals surface area contributed by atoms with Crippen LogP contribution in [0.4, 0.5) is 0 Å². The van der Waals surface area contributed by atoms with Crippen LogP contribution in [0.25, 0.3) is 0 Å². The maximum absolute atomic E-state index is 5.82. The van der Waals surface area contributed by atoms with Gasteiger partial charge in [-0.3, -0.25) is 0 Å². The predicted molar refractivity (Wildman–Crippen MR) is 72.5 cm³/mol. The van der Waals surface area contributed by atoms with Crippen LogP contribution in [0, 0.1) is 5.92 Å². The molecule has 0 saturated carbocycles. The third-order valence-electron chi connectivity index (χ3n) is 2.99. The average molecular weight is 232 g/mol. The zero-order chi connectivity index (χ0) is 11.7. The standard InChI is InChI=1S/C12H28N2S/c1-5-11(3)10-14(4)12(9-13)7-8-15-6-2/h11-12H,5-10,13H2,1-4H3. The summed E-state index contributed by atoms with van der Waals surface area (Å²) in [6.07, 6.45) is 2.48. The van der Waals surface area contributed by atoms with Crippen molar-refractivity contribution in [1.82, 2.24) is 4.90 Å². The van der Waals surface area contributed by atoms with Crippen LogP contribution in [0.5, 0.6) is 0 Å². The van der Waals surface area contributed by atoms with Crippen molar-refractivity contribution in [2.45, 2.75) is 39.7 Å². The number of nitrogens with two attached hydrogens (primary N) is 1. The van der Waals surface area contributed by atoms with Crippen LogP contribution < -0.4 is 5.73 Å². The van der Waals surface area contributed by atoms with Gasteiger partial charge in [0.05, 0.1) is 0 Å². The fourth-order valence-electron chi connectivity index (χ4n) is 1.65. The van der Waals surface area contributed by atoms with E-state index in [1.165, 1.54) is 30.9 Å². The van der Waals surface area contributed by atoms with E-state index in [1.807, 2.05) is 11.8 Å². The molecule has 0 rings (SSSR count). The molecule has 2 nitrogen and oxygen atoms in total. The summed E-state index contributed by atoms with van der Waals surface area (Å²) < 4.78 is 0. The van der Waals surface area contributed by atoms with Gasteiger partial charge in [-0.1, -0.05) is 27.2 Å². The van der Waals surface area contributed by atoms with Gasteiger partial charge in [-0.25, -0.2) is 0 Å². The molecule has 2 N–H and O–H groups in total. The van der Waals surface area contributed by atoms with E-state index in [1.54, 1.807) is 0 Å². The Hall–Kier alpha value is 0.270. The lowest BCUT2D eigenvalue weighted by atomic mass is 10.1. The maximum Gasteiger partial charge on any atom is 0.0223 e. The Kier molecular flexibility index (Phi) is 9.66. The molecule has 0 aliphatic heterocycles. The first-order valence-electron chi connectivity index (χ1n) is 6.13. The Morgan fingerprint density at radius 1 is 1.33 bits per heavy atom. The molecule has 0 aromatic carbocycles. The minimum atomic E-state index is 0.568. The van der Waals surface area contributed by atoms with Gasteiger partial charge in [0, 0.05) is 19.1 Å². The topological polar surface area (TPSA) is 29.3 Å².